The monoisotopic (exact) mass is 490 g/mol. The number of rotatable bonds is 7. The zero-order valence-electron chi connectivity index (χ0n) is 21.1. The van der Waals surface area contributed by atoms with Gasteiger partial charge in [-0.05, 0) is 38.6 Å². The lowest BCUT2D eigenvalue weighted by Gasteiger charge is -2.36. The van der Waals surface area contributed by atoms with Gasteiger partial charge in [0.1, 0.15) is 17.0 Å². The van der Waals surface area contributed by atoms with Crippen LogP contribution in [0.2, 0.25) is 0 Å². The van der Waals surface area contributed by atoms with Crippen molar-refractivity contribution in [2.45, 2.75) is 26.8 Å². The number of likely N-dealkylation sites (N-methyl/N-ethyl adjacent to an activating group) is 1. The van der Waals surface area contributed by atoms with Crippen molar-refractivity contribution in [2.75, 3.05) is 50.1 Å². The van der Waals surface area contributed by atoms with Crippen LogP contribution in [-0.4, -0.2) is 69.5 Å². The maximum atomic E-state index is 14.8. The predicted octanol–water partition coefficient (Wildman–Crippen LogP) is 4.50. The largest absolute Gasteiger partial charge is 0.495 e. The number of ether oxygens (including phenoxy) is 1. The van der Waals surface area contributed by atoms with E-state index < -0.39 is 5.82 Å². The third-order valence-electron chi connectivity index (χ3n) is 6.55. The first kappa shape index (κ1) is 23.9. The number of nitrogens with zero attached hydrogens (tertiary/aromatic N) is 7. The molecule has 0 saturated carbocycles. The second-order valence-electron chi connectivity index (χ2n) is 9.13. The summed E-state index contributed by atoms with van der Waals surface area (Å²) in [4.78, 5) is 17.8. The van der Waals surface area contributed by atoms with Crippen LogP contribution in [-0.2, 0) is 0 Å². The second-order valence-corrected chi connectivity index (χ2v) is 9.13. The summed E-state index contributed by atoms with van der Waals surface area (Å²) in [6.07, 6.45) is 4.50. The van der Waals surface area contributed by atoms with Crippen LogP contribution >= 0.6 is 0 Å². The lowest BCUT2D eigenvalue weighted by molar-refractivity contribution is 0.270. The number of pyridine rings is 1. The highest BCUT2D eigenvalue weighted by atomic mass is 19.1. The average Bonchev–Trinajstić information content (AvgIpc) is 3.33. The molecule has 1 aliphatic heterocycles. The summed E-state index contributed by atoms with van der Waals surface area (Å²) >= 11 is 0. The molecule has 3 aromatic heterocycles. The Hall–Kier alpha value is -3.79. The molecule has 9 nitrogen and oxygen atoms in total. The van der Waals surface area contributed by atoms with Gasteiger partial charge in [0, 0.05) is 55.7 Å². The fourth-order valence-electron chi connectivity index (χ4n) is 4.55. The van der Waals surface area contributed by atoms with Crippen LogP contribution in [0, 0.1) is 5.82 Å². The van der Waals surface area contributed by atoms with Gasteiger partial charge in [0.2, 0.25) is 5.95 Å². The quantitative estimate of drug-likeness (QED) is 0.405. The lowest BCUT2D eigenvalue weighted by Crippen LogP contribution is -2.46. The molecule has 1 saturated heterocycles. The number of anilines is 3. The molecule has 1 fully saturated rings. The van der Waals surface area contributed by atoms with Gasteiger partial charge in [-0.25, -0.2) is 14.4 Å². The molecular weight excluding hydrogens is 459 g/mol. The number of aromatic nitrogens is 5. The summed E-state index contributed by atoms with van der Waals surface area (Å²) in [5.41, 5.74) is 4.13. The van der Waals surface area contributed by atoms with E-state index in [1.807, 2.05) is 42.8 Å². The molecular formula is C26H31FN8O. The molecule has 10 heteroatoms. The van der Waals surface area contributed by atoms with E-state index >= 15 is 0 Å². The van der Waals surface area contributed by atoms with Crippen molar-refractivity contribution in [3.63, 3.8) is 0 Å². The summed E-state index contributed by atoms with van der Waals surface area (Å²) in [6, 6.07) is 7.94. The number of benzene rings is 1. The van der Waals surface area contributed by atoms with E-state index in [2.05, 4.69) is 42.1 Å². The van der Waals surface area contributed by atoms with Gasteiger partial charge < -0.3 is 19.9 Å². The van der Waals surface area contributed by atoms with Crippen LogP contribution in [0.5, 0.6) is 5.75 Å². The molecule has 1 N–H and O–H groups in total. The minimum absolute atomic E-state index is 0.153. The molecule has 0 spiro atoms. The Kier molecular flexibility index (Phi) is 6.69. The number of piperazine rings is 1. The number of hydrogen-bond donors (Lipinski definition) is 1. The van der Waals surface area contributed by atoms with Crippen LogP contribution in [0.25, 0.3) is 22.3 Å². The molecule has 0 atom stereocenters. The first-order valence-corrected chi connectivity index (χ1v) is 12.3. The maximum Gasteiger partial charge on any atom is 0.227 e. The van der Waals surface area contributed by atoms with Crippen molar-refractivity contribution in [1.82, 2.24) is 29.6 Å². The Balaban J connectivity index is 1.40. The van der Waals surface area contributed by atoms with E-state index in [1.165, 1.54) is 6.20 Å². The molecule has 1 aliphatic rings. The Labute approximate surface area is 209 Å². The minimum Gasteiger partial charge on any atom is -0.495 e. The van der Waals surface area contributed by atoms with Crippen LogP contribution in [0.15, 0.2) is 42.9 Å². The maximum absolute atomic E-state index is 14.8. The van der Waals surface area contributed by atoms with Crippen molar-refractivity contribution >= 4 is 28.4 Å². The predicted molar refractivity (Wildman–Crippen MR) is 140 cm³/mol. The van der Waals surface area contributed by atoms with Gasteiger partial charge in [-0.1, -0.05) is 6.92 Å². The van der Waals surface area contributed by atoms with Crippen molar-refractivity contribution in [3.8, 4) is 17.0 Å². The molecule has 4 aromatic rings. The van der Waals surface area contributed by atoms with E-state index in [1.54, 1.807) is 19.5 Å². The molecule has 36 heavy (non-hydrogen) atoms. The number of nitrogens with one attached hydrogen (secondary N) is 1. The third kappa shape index (κ3) is 4.68. The van der Waals surface area contributed by atoms with Crippen LogP contribution in [0.3, 0.4) is 0 Å². The summed E-state index contributed by atoms with van der Waals surface area (Å²) in [5, 5.41) is 7.58. The van der Waals surface area contributed by atoms with Crippen LogP contribution in [0.4, 0.5) is 21.7 Å². The lowest BCUT2D eigenvalue weighted by atomic mass is 10.2. The Morgan fingerprint density at radius 2 is 1.86 bits per heavy atom. The first-order valence-electron chi connectivity index (χ1n) is 12.3. The summed E-state index contributed by atoms with van der Waals surface area (Å²) in [5.74, 6) is 0.538. The molecule has 0 radical (unpaired) electrons. The Morgan fingerprint density at radius 1 is 1.06 bits per heavy atom. The highest BCUT2D eigenvalue weighted by Gasteiger charge is 2.19. The number of halogens is 1. The van der Waals surface area contributed by atoms with Crippen LogP contribution in [0.1, 0.15) is 26.8 Å². The van der Waals surface area contributed by atoms with E-state index in [0.717, 1.165) is 60.9 Å². The third-order valence-corrected chi connectivity index (χ3v) is 6.55. The first-order chi connectivity index (χ1) is 17.5. The topological polar surface area (TPSA) is 84.2 Å². The van der Waals surface area contributed by atoms with E-state index in [0.29, 0.717) is 5.56 Å². The average molecular weight is 491 g/mol. The summed E-state index contributed by atoms with van der Waals surface area (Å²) in [7, 11) is 1.67. The van der Waals surface area contributed by atoms with E-state index in [-0.39, 0.29) is 17.7 Å². The standard InChI is InChI=1S/C26H31FN8O/c1-5-33-8-10-34(11-9-33)22-7-6-19(13-24(22)36-4)31-26-29-15-20(27)25(32-26)18-12-23-21(28-14-18)16-30-35(23)17(2)3/h6-7,12-17H,5,8-11H2,1-4H3,(H,29,31,32). The normalized spacial score (nSPS) is 14.6. The number of fused-ring (bicyclic) bond motifs is 1. The van der Waals surface area contributed by atoms with Gasteiger partial charge in [0.25, 0.3) is 0 Å². The second kappa shape index (κ2) is 10.1. The SMILES string of the molecule is CCN1CCN(c2ccc(Nc3ncc(F)c(-c4cnc5cnn(C(C)C)c5c4)n3)cc2OC)CC1. The van der Waals surface area contributed by atoms with Gasteiger partial charge in [0.15, 0.2) is 5.82 Å². The molecule has 4 heterocycles. The van der Waals surface area contributed by atoms with E-state index in [9.17, 15) is 4.39 Å². The van der Waals surface area contributed by atoms with Crippen molar-refractivity contribution in [1.29, 1.82) is 0 Å². The van der Waals surface area contributed by atoms with E-state index in [4.69, 9.17) is 4.74 Å². The van der Waals surface area contributed by atoms with Gasteiger partial charge in [-0.3, -0.25) is 9.67 Å². The van der Waals surface area contributed by atoms with Crippen molar-refractivity contribution < 1.29 is 9.13 Å². The Bertz CT molecular complexity index is 1360. The minimum atomic E-state index is -0.517. The number of hydrogen-bond acceptors (Lipinski definition) is 8. The molecule has 0 amide bonds. The zero-order chi connectivity index (χ0) is 25.2. The smallest absolute Gasteiger partial charge is 0.227 e. The van der Waals surface area contributed by atoms with Gasteiger partial charge in [-0.15, -0.1) is 0 Å². The van der Waals surface area contributed by atoms with Crippen molar-refractivity contribution in [3.05, 3.63) is 48.7 Å². The molecule has 5 rings (SSSR count). The summed E-state index contributed by atoms with van der Waals surface area (Å²) < 4.78 is 22.3. The van der Waals surface area contributed by atoms with Gasteiger partial charge in [-0.2, -0.15) is 5.10 Å². The molecule has 1 aromatic carbocycles. The molecule has 188 valence electrons. The molecule has 0 aliphatic carbocycles. The zero-order valence-corrected chi connectivity index (χ0v) is 21.1. The molecule has 0 unspecified atom stereocenters. The highest BCUT2D eigenvalue weighted by molar-refractivity contribution is 5.80. The molecule has 0 bridgehead atoms. The Morgan fingerprint density at radius 3 is 2.58 bits per heavy atom. The fraction of sp³-hybridized carbons (Fsp3) is 0.385. The fourth-order valence-corrected chi connectivity index (χ4v) is 4.55. The van der Waals surface area contributed by atoms with Gasteiger partial charge >= 0.3 is 0 Å². The highest BCUT2D eigenvalue weighted by Crippen LogP contribution is 2.33. The van der Waals surface area contributed by atoms with Crippen molar-refractivity contribution in [2.24, 2.45) is 0 Å². The number of methoxy groups -OCH3 is 1. The summed E-state index contributed by atoms with van der Waals surface area (Å²) in [6.45, 7) is 11.3. The van der Waals surface area contributed by atoms with Crippen LogP contribution < -0.4 is 15.0 Å². The van der Waals surface area contributed by atoms with Gasteiger partial charge in [0.05, 0.1) is 30.7 Å².